The van der Waals surface area contributed by atoms with Crippen LogP contribution in [0.3, 0.4) is 0 Å². The standard InChI is InChI=1S/C17H23BO2/c1-12-14-9-7-6-8-13(14)10-11-15(12)18-19-16(2,3)17(4,5)20-18/h6-9H,10-11H2,1-5H3. The number of hydrogen-bond acceptors (Lipinski definition) is 2. The van der Waals surface area contributed by atoms with E-state index in [1.807, 2.05) is 0 Å². The second-order valence-electron chi connectivity index (χ2n) is 6.90. The predicted molar refractivity (Wildman–Crippen MR) is 83.4 cm³/mol. The first-order valence-electron chi connectivity index (χ1n) is 7.45. The molecule has 0 radical (unpaired) electrons. The lowest BCUT2D eigenvalue weighted by atomic mass is 9.68. The van der Waals surface area contributed by atoms with Crippen molar-refractivity contribution in [1.29, 1.82) is 0 Å². The molecule has 2 aliphatic rings. The SMILES string of the molecule is CC1=C(B2OC(C)(C)C(C)(C)O2)CCc2ccccc21. The third-order valence-corrected chi connectivity index (χ3v) is 5.10. The molecule has 0 unspecified atom stereocenters. The minimum Gasteiger partial charge on any atom is -0.400 e. The summed E-state index contributed by atoms with van der Waals surface area (Å²) in [7, 11) is -0.201. The Morgan fingerprint density at radius 3 is 2.20 bits per heavy atom. The molecule has 3 heteroatoms. The smallest absolute Gasteiger partial charge is 0.400 e. The van der Waals surface area contributed by atoms with Gasteiger partial charge in [0.25, 0.3) is 0 Å². The Balaban J connectivity index is 1.97. The first-order valence-corrected chi connectivity index (χ1v) is 7.45. The van der Waals surface area contributed by atoms with Crippen molar-refractivity contribution in [2.24, 2.45) is 0 Å². The van der Waals surface area contributed by atoms with Crippen molar-refractivity contribution in [2.45, 2.75) is 58.7 Å². The zero-order valence-electron chi connectivity index (χ0n) is 13.1. The van der Waals surface area contributed by atoms with Gasteiger partial charge in [-0.25, -0.2) is 0 Å². The van der Waals surface area contributed by atoms with E-state index in [4.69, 9.17) is 9.31 Å². The third-order valence-electron chi connectivity index (χ3n) is 5.10. The highest BCUT2D eigenvalue weighted by molar-refractivity contribution is 6.56. The molecular weight excluding hydrogens is 247 g/mol. The molecule has 0 amide bonds. The Morgan fingerprint density at radius 1 is 0.950 bits per heavy atom. The summed E-state index contributed by atoms with van der Waals surface area (Å²) in [6, 6.07) is 8.65. The molecule has 0 bridgehead atoms. The molecule has 1 heterocycles. The number of rotatable bonds is 1. The van der Waals surface area contributed by atoms with E-state index in [1.54, 1.807) is 0 Å². The monoisotopic (exact) mass is 270 g/mol. The fraction of sp³-hybridized carbons (Fsp3) is 0.529. The summed E-state index contributed by atoms with van der Waals surface area (Å²) in [5.74, 6) is 0. The Morgan fingerprint density at radius 2 is 1.55 bits per heavy atom. The van der Waals surface area contributed by atoms with Crippen LogP contribution in [-0.2, 0) is 15.7 Å². The number of hydrogen-bond donors (Lipinski definition) is 0. The second kappa shape index (κ2) is 4.47. The van der Waals surface area contributed by atoms with Gasteiger partial charge in [0, 0.05) is 0 Å². The molecule has 2 nitrogen and oxygen atoms in total. The molecule has 1 saturated heterocycles. The van der Waals surface area contributed by atoms with Crippen molar-refractivity contribution in [1.82, 2.24) is 0 Å². The predicted octanol–water partition coefficient (Wildman–Crippen LogP) is 4.04. The van der Waals surface area contributed by atoms with Crippen LogP contribution in [0, 0.1) is 0 Å². The zero-order chi connectivity index (χ0) is 14.5. The molecule has 20 heavy (non-hydrogen) atoms. The first kappa shape index (κ1) is 13.9. The van der Waals surface area contributed by atoms with E-state index in [9.17, 15) is 0 Å². The van der Waals surface area contributed by atoms with Gasteiger partial charge in [0.2, 0.25) is 0 Å². The summed E-state index contributed by atoms with van der Waals surface area (Å²) in [6.45, 7) is 10.6. The highest BCUT2D eigenvalue weighted by Gasteiger charge is 2.52. The normalized spacial score (nSPS) is 23.9. The fourth-order valence-corrected chi connectivity index (χ4v) is 3.01. The molecule has 1 aromatic rings. The van der Waals surface area contributed by atoms with Crippen molar-refractivity contribution < 1.29 is 9.31 Å². The maximum Gasteiger partial charge on any atom is 0.490 e. The van der Waals surface area contributed by atoms with Gasteiger partial charge < -0.3 is 9.31 Å². The van der Waals surface area contributed by atoms with E-state index in [1.165, 1.54) is 22.2 Å². The number of benzene rings is 1. The summed E-state index contributed by atoms with van der Waals surface area (Å²) < 4.78 is 12.4. The molecule has 1 fully saturated rings. The van der Waals surface area contributed by atoms with E-state index in [2.05, 4.69) is 58.9 Å². The van der Waals surface area contributed by atoms with Crippen LogP contribution in [0.5, 0.6) is 0 Å². The minimum atomic E-state index is -0.262. The zero-order valence-corrected chi connectivity index (χ0v) is 13.1. The molecule has 1 aromatic carbocycles. The van der Waals surface area contributed by atoms with Crippen molar-refractivity contribution in [3.05, 3.63) is 40.9 Å². The van der Waals surface area contributed by atoms with Gasteiger partial charge in [-0.05, 0) is 69.6 Å². The van der Waals surface area contributed by atoms with Crippen molar-refractivity contribution in [2.75, 3.05) is 0 Å². The molecule has 0 atom stereocenters. The number of allylic oxidation sites excluding steroid dienone is 2. The highest BCUT2D eigenvalue weighted by atomic mass is 16.7. The van der Waals surface area contributed by atoms with Crippen LogP contribution in [-0.4, -0.2) is 18.3 Å². The van der Waals surface area contributed by atoms with Crippen molar-refractivity contribution >= 4 is 12.7 Å². The van der Waals surface area contributed by atoms with Crippen LogP contribution < -0.4 is 0 Å². The summed E-state index contributed by atoms with van der Waals surface area (Å²) in [5, 5.41) is 0. The molecule has 0 aromatic heterocycles. The Bertz CT molecular complexity index is 556. The summed E-state index contributed by atoms with van der Waals surface area (Å²) >= 11 is 0. The summed E-state index contributed by atoms with van der Waals surface area (Å²) in [4.78, 5) is 0. The van der Waals surface area contributed by atoms with Gasteiger partial charge in [0.1, 0.15) is 0 Å². The van der Waals surface area contributed by atoms with Crippen LogP contribution >= 0.6 is 0 Å². The van der Waals surface area contributed by atoms with Crippen LogP contribution in [0.1, 0.15) is 52.2 Å². The van der Waals surface area contributed by atoms with Gasteiger partial charge in [-0.3, -0.25) is 0 Å². The highest BCUT2D eigenvalue weighted by Crippen LogP contribution is 2.42. The van der Waals surface area contributed by atoms with Gasteiger partial charge in [0.05, 0.1) is 11.2 Å². The van der Waals surface area contributed by atoms with Crippen LogP contribution in [0.4, 0.5) is 0 Å². The lowest BCUT2D eigenvalue weighted by Crippen LogP contribution is -2.41. The topological polar surface area (TPSA) is 18.5 Å². The van der Waals surface area contributed by atoms with Gasteiger partial charge in [-0.15, -0.1) is 0 Å². The summed E-state index contributed by atoms with van der Waals surface area (Å²) in [6.07, 6.45) is 2.10. The lowest BCUT2D eigenvalue weighted by Gasteiger charge is -2.32. The molecule has 0 N–H and O–H groups in total. The quantitative estimate of drug-likeness (QED) is 0.717. The first-order chi connectivity index (χ1) is 9.32. The van der Waals surface area contributed by atoms with Gasteiger partial charge in [0.15, 0.2) is 0 Å². The van der Waals surface area contributed by atoms with E-state index >= 15 is 0 Å². The van der Waals surface area contributed by atoms with Crippen molar-refractivity contribution in [3.8, 4) is 0 Å². The van der Waals surface area contributed by atoms with Crippen LogP contribution in [0.15, 0.2) is 29.7 Å². The van der Waals surface area contributed by atoms with Gasteiger partial charge in [-0.1, -0.05) is 24.3 Å². The molecule has 3 rings (SSSR count). The minimum absolute atomic E-state index is 0.201. The number of aryl methyl sites for hydroxylation is 1. The van der Waals surface area contributed by atoms with Crippen LogP contribution in [0.25, 0.3) is 5.57 Å². The van der Waals surface area contributed by atoms with E-state index in [0.29, 0.717) is 0 Å². The third kappa shape index (κ3) is 2.04. The molecule has 1 aliphatic heterocycles. The Kier molecular flexibility index (Phi) is 3.11. The second-order valence-corrected chi connectivity index (χ2v) is 6.90. The maximum atomic E-state index is 6.21. The Hall–Kier alpha value is -1.06. The molecular formula is C17H23BO2. The number of fused-ring (bicyclic) bond motifs is 1. The summed E-state index contributed by atoms with van der Waals surface area (Å²) in [5.41, 5.74) is 4.89. The van der Waals surface area contributed by atoms with Crippen LogP contribution in [0.2, 0.25) is 0 Å². The average molecular weight is 270 g/mol. The molecule has 1 aliphatic carbocycles. The van der Waals surface area contributed by atoms with E-state index < -0.39 is 0 Å². The Labute approximate surface area is 122 Å². The molecule has 0 saturated carbocycles. The average Bonchev–Trinajstić information content (AvgIpc) is 2.59. The molecule has 0 spiro atoms. The fourth-order valence-electron chi connectivity index (χ4n) is 3.01. The maximum absolute atomic E-state index is 6.21. The van der Waals surface area contributed by atoms with Gasteiger partial charge >= 0.3 is 7.12 Å². The van der Waals surface area contributed by atoms with Gasteiger partial charge in [-0.2, -0.15) is 0 Å². The molecule has 106 valence electrons. The van der Waals surface area contributed by atoms with E-state index in [-0.39, 0.29) is 18.3 Å². The largest absolute Gasteiger partial charge is 0.490 e. The van der Waals surface area contributed by atoms with E-state index in [0.717, 1.165) is 12.8 Å². The lowest BCUT2D eigenvalue weighted by molar-refractivity contribution is 0.00578. The van der Waals surface area contributed by atoms with Crippen molar-refractivity contribution in [3.63, 3.8) is 0 Å².